The lowest BCUT2D eigenvalue weighted by Crippen LogP contribution is -2.05. The van der Waals surface area contributed by atoms with Gasteiger partial charge in [-0.15, -0.1) is 10.2 Å². The second-order valence-corrected chi connectivity index (χ2v) is 4.87. The lowest BCUT2D eigenvalue weighted by molar-refractivity contribution is 0.304. The molecular formula is C9H9BrN4OS. The van der Waals surface area contributed by atoms with Crippen LogP contribution in [0.3, 0.4) is 0 Å². The Balaban J connectivity index is 1.94. The maximum Gasteiger partial charge on any atom is 0.219 e. The van der Waals surface area contributed by atoms with Gasteiger partial charge in [-0.05, 0) is 24.3 Å². The highest BCUT2D eigenvalue weighted by molar-refractivity contribution is 9.10. The van der Waals surface area contributed by atoms with Crippen molar-refractivity contribution in [3.8, 4) is 5.75 Å². The molecule has 0 atom stereocenters. The molecule has 5 nitrogen and oxygen atoms in total. The highest BCUT2D eigenvalue weighted by atomic mass is 79.9. The molecule has 2 rings (SSSR count). The summed E-state index contributed by atoms with van der Waals surface area (Å²) in [4.78, 5) is 0. The topological polar surface area (TPSA) is 73.1 Å². The van der Waals surface area contributed by atoms with Gasteiger partial charge >= 0.3 is 0 Å². The van der Waals surface area contributed by atoms with Crippen LogP contribution >= 0.6 is 27.3 Å². The number of anilines is 1. The fourth-order valence-corrected chi connectivity index (χ4v) is 1.87. The van der Waals surface area contributed by atoms with E-state index in [0.717, 1.165) is 15.2 Å². The molecule has 7 heteroatoms. The summed E-state index contributed by atoms with van der Waals surface area (Å²) in [6, 6.07) is 7.60. The van der Waals surface area contributed by atoms with Crippen LogP contribution in [-0.4, -0.2) is 10.2 Å². The minimum Gasteiger partial charge on any atom is -0.486 e. The largest absolute Gasteiger partial charge is 0.486 e. The molecule has 84 valence electrons. The lowest BCUT2D eigenvalue weighted by Gasteiger charge is -2.02. The number of nitrogens with two attached hydrogens (primary N) is 1. The van der Waals surface area contributed by atoms with E-state index in [-0.39, 0.29) is 0 Å². The molecule has 1 heterocycles. The predicted octanol–water partition coefficient (Wildman–Crippen LogP) is 2.17. The van der Waals surface area contributed by atoms with E-state index in [1.165, 1.54) is 11.3 Å². The molecule has 0 saturated heterocycles. The lowest BCUT2D eigenvalue weighted by atomic mass is 10.3. The summed E-state index contributed by atoms with van der Waals surface area (Å²) in [5, 5.41) is 9.07. The molecule has 0 spiro atoms. The molecule has 0 amide bonds. The number of halogens is 1. The maximum atomic E-state index is 5.52. The third kappa shape index (κ3) is 2.91. The maximum absolute atomic E-state index is 5.52. The summed E-state index contributed by atoms with van der Waals surface area (Å²) in [7, 11) is 0. The van der Waals surface area contributed by atoms with Crippen LogP contribution in [0.1, 0.15) is 5.01 Å². The molecule has 0 radical (unpaired) electrons. The number of hydrogen-bond donors (Lipinski definition) is 2. The number of ether oxygens (including phenoxy) is 1. The Morgan fingerprint density at radius 1 is 1.31 bits per heavy atom. The average molecular weight is 301 g/mol. The predicted molar refractivity (Wildman–Crippen MR) is 66.2 cm³/mol. The number of aromatic nitrogens is 2. The molecule has 2 aromatic rings. The number of nitrogens with zero attached hydrogens (tertiary/aromatic N) is 2. The smallest absolute Gasteiger partial charge is 0.219 e. The van der Waals surface area contributed by atoms with Crippen LogP contribution in [0.4, 0.5) is 5.13 Å². The minimum atomic E-state index is 0.390. The first-order valence-electron chi connectivity index (χ1n) is 4.45. The van der Waals surface area contributed by atoms with Gasteiger partial charge in [0.15, 0.2) is 5.01 Å². The molecule has 16 heavy (non-hydrogen) atoms. The highest BCUT2D eigenvalue weighted by Crippen LogP contribution is 2.19. The van der Waals surface area contributed by atoms with E-state index in [4.69, 9.17) is 10.6 Å². The van der Waals surface area contributed by atoms with E-state index < -0.39 is 0 Å². The molecule has 1 aromatic carbocycles. The first-order valence-corrected chi connectivity index (χ1v) is 6.06. The van der Waals surface area contributed by atoms with Gasteiger partial charge in [0.2, 0.25) is 5.13 Å². The molecular weight excluding hydrogens is 292 g/mol. The Morgan fingerprint density at radius 3 is 2.69 bits per heavy atom. The third-order valence-electron chi connectivity index (χ3n) is 1.77. The van der Waals surface area contributed by atoms with Gasteiger partial charge in [-0.25, -0.2) is 5.84 Å². The minimum absolute atomic E-state index is 0.390. The molecule has 0 aliphatic carbocycles. The van der Waals surface area contributed by atoms with Gasteiger partial charge in [-0.3, -0.25) is 5.43 Å². The van der Waals surface area contributed by atoms with Crippen LogP contribution in [0, 0.1) is 0 Å². The summed E-state index contributed by atoms with van der Waals surface area (Å²) in [6.45, 7) is 0.390. The molecule has 3 N–H and O–H groups in total. The Hall–Kier alpha value is -1.18. The van der Waals surface area contributed by atoms with Crippen molar-refractivity contribution < 1.29 is 4.74 Å². The number of benzene rings is 1. The number of rotatable bonds is 4. The van der Waals surface area contributed by atoms with Gasteiger partial charge in [0.25, 0.3) is 0 Å². The van der Waals surface area contributed by atoms with E-state index in [2.05, 4.69) is 31.6 Å². The van der Waals surface area contributed by atoms with Gasteiger partial charge in [0, 0.05) is 4.47 Å². The Kier molecular flexibility index (Phi) is 3.70. The highest BCUT2D eigenvalue weighted by Gasteiger charge is 2.03. The molecule has 0 aliphatic heterocycles. The molecule has 1 aromatic heterocycles. The van der Waals surface area contributed by atoms with E-state index in [1.807, 2.05) is 24.3 Å². The van der Waals surface area contributed by atoms with Crippen molar-refractivity contribution in [3.05, 3.63) is 33.7 Å². The van der Waals surface area contributed by atoms with Crippen LogP contribution < -0.4 is 16.0 Å². The molecule has 0 bridgehead atoms. The number of nitrogen functional groups attached to an aromatic ring is 1. The van der Waals surface area contributed by atoms with Gasteiger partial charge in [-0.2, -0.15) is 0 Å². The van der Waals surface area contributed by atoms with Gasteiger partial charge in [0.05, 0.1) is 0 Å². The zero-order valence-electron chi connectivity index (χ0n) is 8.18. The summed E-state index contributed by atoms with van der Waals surface area (Å²) in [5.41, 5.74) is 2.44. The van der Waals surface area contributed by atoms with E-state index in [1.54, 1.807) is 0 Å². The first kappa shape index (κ1) is 11.3. The summed E-state index contributed by atoms with van der Waals surface area (Å²) < 4.78 is 6.54. The molecule has 0 aliphatic rings. The van der Waals surface area contributed by atoms with Crippen molar-refractivity contribution in [3.63, 3.8) is 0 Å². The van der Waals surface area contributed by atoms with E-state index in [0.29, 0.717) is 11.7 Å². The third-order valence-corrected chi connectivity index (χ3v) is 3.12. The van der Waals surface area contributed by atoms with Crippen LogP contribution in [0.25, 0.3) is 0 Å². The summed E-state index contributed by atoms with van der Waals surface area (Å²) in [6.07, 6.45) is 0. The number of nitrogens with one attached hydrogen (secondary N) is 1. The number of hydrazine groups is 1. The average Bonchev–Trinajstić information content (AvgIpc) is 2.76. The Bertz CT molecular complexity index is 459. The van der Waals surface area contributed by atoms with E-state index in [9.17, 15) is 0 Å². The fraction of sp³-hybridized carbons (Fsp3) is 0.111. The molecule has 0 unspecified atom stereocenters. The normalized spacial score (nSPS) is 10.1. The van der Waals surface area contributed by atoms with Gasteiger partial charge < -0.3 is 4.74 Å². The van der Waals surface area contributed by atoms with Crippen molar-refractivity contribution in [2.24, 2.45) is 5.84 Å². The zero-order chi connectivity index (χ0) is 11.4. The SMILES string of the molecule is NNc1nnc(COc2ccc(Br)cc2)s1. The van der Waals surface area contributed by atoms with Crippen LogP contribution in [0.2, 0.25) is 0 Å². The van der Waals surface area contributed by atoms with Crippen LogP contribution in [0.5, 0.6) is 5.75 Å². The van der Waals surface area contributed by atoms with Crippen molar-refractivity contribution in [2.45, 2.75) is 6.61 Å². The second-order valence-electron chi connectivity index (χ2n) is 2.89. The van der Waals surface area contributed by atoms with Crippen LogP contribution in [-0.2, 0) is 6.61 Å². The monoisotopic (exact) mass is 300 g/mol. The standard InChI is InChI=1S/C9H9BrN4OS/c10-6-1-3-7(4-2-6)15-5-8-13-14-9(12-11)16-8/h1-4H,5,11H2,(H,12,14). The van der Waals surface area contributed by atoms with Crippen molar-refractivity contribution in [2.75, 3.05) is 5.43 Å². The van der Waals surface area contributed by atoms with Crippen LogP contribution in [0.15, 0.2) is 28.7 Å². The van der Waals surface area contributed by atoms with Gasteiger partial charge in [-0.1, -0.05) is 27.3 Å². The molecule has 0 fully saturated rings. The Labute approximate surface area is 105 Å². The quantitative estimate of drug-likeness (QED) is 0.669. The summed E-state index contributed by atoms with van der Waals surface area (Å²) in [5.74, 6) is 5.99. The Morgan fingerprint density at radius 2 is 2.06 bits per heavy atom. The molecule has 0 saturated carbocycles. The van der Waals surface area contributed by atoms with Gasteiger partial charge in [0.1, 0.15) is 12.4 Å². The summed E-state index contributed by atoms with van der Waals surface area (Å²) >= 11 is 4.72. The van der Waals surface area contributed by atoms with Crippen molar-refractivity contribution in [1.82, 2.24) is 10.2 Å². The fourth-order valence-electron chi connectivity index (χ4n) is 1.05. The number of hydrogen-bond acceptors (Lipinski definition) is 6. The first-order chi connectivity index (χ1) is 7.78. The van der Waals surface area contributed by atoms with Crippen molar-refractivity contribution in [1.29, 1.82) is 0 Å². The zero-order valence-corrected chi connectivity index (χ0v) is 10.6. The second kappa shape index (κ2) is 5.24. The van der Waals surface area contributed by atoms with E-state index >= 15 is 0 Å². The van der Waals surface area contributed by atoms with Crippen molar-refractivity contribution >= 4 is 32.4 Å².